The molecular formula is C43H42O5. The molecule has 3 atom stereocenters. The molecule has 1 aliphatic carbocycles. The van der Waals surface area contributed by atoms with Crippen molar-refractivity contribution in [1.29, 1.82) is 0 Å². The van der Waals surface area contributed by atoms with Crippen LogP contribution in [-0.2, 0) is 25.4 Å². The second kappa shape index (κ2) is 15.7. The van der Waals surface area contributed by atoms with Crippen molar-refractivity contribution in [3.05, 3.63) is 160 Å². The van der Waals surface area contributed by atoms with Gasteiger partial charge in [-0.3, -0.25) is 0 Å². The Morgan fingerprint density at radius 1 is 0.708 bits per heavy atom. The van der Waals surface area contributed by atoms with Gasteiger partial charge in [0, 0.05) is 19.4 Å². The zero-order valence-electron chi connectivity index (χ0n) is 27.8. The SMILES string of the molecule is CCOC(=O)C(Cc1ccc(OCCOC2c3ccc(-c4ccccc4)cc3C=Cc3ccc(C(C)c4ccccc4)cc32)cc1)OC. The van der Waals surface area contributed by atoms with E-state index in [9.17, 15) is 4.79 Å². The predicted octanol–water partition coefficient (Wildman–Crippen LogP) is 9.29. The second-order valence-corrected chi connectivity index (χ2v) is 12.0. The van der Waals surface area contributed by atoms with Crippen LogP contribution in [-0.4, -0.2) is 39.0 Å². The third-order valence-corrected chi connectivity index (χ3v) is 8.93. The number of benzene rings is 5. The zero-order valence-corrected chi connectivity index (χ0v) is 27.8. The average Bonchev–Trinajstić information content (AvgIpc) is 3.29. The molecule has 0 spiro atoms. The first kappa shape index (κ1) is 33.0. The molecule has 0 amide bonds. The van der Waals surface area contributed by atoms with Gasteiger partial charge >= 0.3 is 5.97 Å². The van der Waals surface area contributed by atoms with Crippen LogP contribution in [0.15, 0.2) is 121 Å². The molecule has 0 saturated heterocycles. The van der Waals surface area contributed by atoms with E-state index in [-0.39, 0.29) is 18.0 Å². The number of fused-ring (bicyclic) bond motifs is 2. The summed E-state index contributed by atoms with van der Waals surface area (Å²) >= 11 is 0. The first-order valence-corrected chi connectivity index (χ1v) is 16.6. The lowest BCUT2D eigenvalue weighted by atomic mass is 9.88. The Morgan fingerprint density at radius 3 is 2.17 bits per heavy atom. The number of esters is 1. The van der Waals surface area contributed by atoms with Gasteiger partial charge in [0.2, 0.25) is 0 Å². The Morgan fingerprint density at radius 2 is 1.44 bits per heavy atom. The predicted molar refractivity (Wildman–Crippen MR) is 192 cm³/mol. The highest BCUT2D eigenvalue weighted by Gasteiger charge is 2.25. The normalized spacial score (nSPS) is 14.7. The maximum absolute atomic E-state index is 12.1. The highest BCUT2D eigenvalue weighted by atomic mass is 16.6. The van der Waals surface area contributed by atoms with E-state index < -0.39 is 6.10 Å². The van der Waals surface area contributed by atoms with Crippen LogP contribution in [0.1, 0.15) is 64.8 Å². The Bertz CT molecular complexity index is 1830. The molecule has 3 unspecified atom stereocenters. The molecule has 0 N–H and O–H groups in total. The molecule has 5 aromatic carbocycles. The van der Waals surface area contributed by atoms with Crippen molar-refractivity contribution in [2.75, 3.05) is 26.9 Å². The monoisotopic (exact) mass is 638 g/mol. The van der Waals surface area contributed by atoms with Gasteiger partial charge in [0.15, 0.2) is 6.10 Å². The number of methoxy groups -OCH3 is 1. The molecule has 1 aliphatic rings. The molecule has 0 bridgehead atoms. The van der Waals surface area contributed by atoms with Gasteiger partial charge in [-0.25, -0.2) is 4.79 Å². The molecule has 5 nitrogen and oxygen atoms in total. The standard InChI is InChI=1S/C43H42O5/c1-4-46-43(44)41(45-3)27-31-15-22-38(23-16-31)47-25-26-48-42-39-24-21-36(33-13-9-6-10-14-33)28-37(39)20-18-34-17-19-35(29-40(34)42)30(2)32-11-7-5-8-12-32/h5-24,28-30,41-42H,4,25-27H2,1-3H3. The van der Waals surface area contributed by atoms with Gasteiger partial charge in [0.05, 0.1) is 13.2 Å². The van der Waals surface area contributed by atoms with E-state index >= 15 is 0 Å². The number of ether oxygens (including phenoxy) is 4. The minimum absolute atomic E-state index is 0.243. The summed E-state index contributed by atoms with van der Waals surface area (Å²) in [5.41, 5.74) is 10.4. The van der Waals surface area contributed by atoms with Crippen molar-refractivity contribution in [2.24, 2.45) is 0 Å². The van der Waals surface area contributed by atoms with E-state index in [0.29, 0.717) is 26.2 Å². The van der Waals surface area contributed by atoms with Gasteiger partial charge < -0.3 is 18.9 Å². The van der Waals surface area contributed by atoms with Gasteiger partial charge in [0.25, 0.3) is 0 Å². The minimum atomic E-state index is -0.634. The molecule has 5 heteroatoms. The molecule has 0 saturated carbocycles. The van der Waals surface area contributed by atoms with Crippen LogP contribution >= 0.6 is 0 Å². The van der Waals surface area contributed by atoms with Crippen LogP contribution < -0.4 is 4.74 Å². The summed E-state index contributed by atoms with van der Waals surface area (Å²) in [5.74, 6) is 0.626. The smallest absolute Gasteiger partial charge is 0.335 e. The molecule has 5 aromatic rings. The van der Waals surface area contributed by atoms with Crippen LogP contribution in [0.2, 0.25) is 0 Å². The summed E-state index contributed by atoms with van der Waals surface area (Å²) in [6.45, 7) is 5.16. The van der Waals surface area contributed by atoms with E-state index in [4.69, 9.17) is 18.9 Å². The number of carbonyl (C=O) groups excluding carboxylic acids is 1. The van der Waals surface area contributed by atoms with Gasteiger partial charge in [-0.05, 0) is 75.2 Å². The van der Waals surface area contributed by atoms with Crippen LogP contribution in [0, 0.1) is 0 Å². The molecular weight excluding hydrogens is 596 g/mol. The number of hydrogen-bond acceptors (Lipinski definition) is 5. The fourth-order valence-corrected chi connectivity index (χ4v) is 6.23. The molecule has 48 heavy (non-hydrogen) atoms. The summed E-state index contributed by atoms with van der Waals surface area (Å²) in [5, 5.41) is 0. The fourth-order valence-electron chi connectivity index (χ4n) is 6.23. The molecule has 0 radical (unpaired) electrons. The van der Waals surface area contributed by atoms with Crippen molar-refractivity contribution in [3.8, 4) is 16.9 Å². The van der Waals surface area contributed by atoms with Crippen molar-refractivity contribution in [3.63, 3.8) is 0 Å². The van der Waals surface area contributed by atoms with Crippen LogP contribution in [0.25, 0.3) is 23.3 Å². The third kappa shape index (κ3) is 7.76. The number of rotatable bonds is 13. The van der Waals surface area contributed by atoms with Crippen LogP contribution in [0.4, 0.5) is 0 Å². The van der Waals surface area contributed by atoms with E-state index in [1.165, 1.54) is 29.4 Å². The summed E-state index contributed by atoms with van der Waals surface area (Å²) in [6.07, 6.45) is 3.95. The third-order valence-electron chi connectivity index (χ3n) is 8.93. The largest absolute Gasteiger partial charge is 0.491 e. The van der Waals surface area contributed by atoms with Gasteiger partial charge in [-0.1, -0.05) is 122 Å². The van der Waals surface area contributed by atoms with Crippen molar-refractivity contribution in [2.45, 2.75) is 38.4 Å². The lowest BCUT2D eigenvalue weighted by molar-refractivity contribution is -0.154. The topological polar surface area (TPSA) is 54.0 Å². The molecule has 244 valence electrons. The van der Waals surface area contributed by atoms with E-state index in [2.05, 4.69) is 110 Å². The summed E-state index contributed by atoms with van der Waals surface area (Å²) in [4.78, 5) is 12.1. The maximum Gasteiger partial charge on any atom is 0.335 e. The summed E-state index contributed by atoms with van der Waals surface area (Å²) in [7, 11) is 1.52. The Kier molecular flexibility index (Phi) is 10.8. The molecule has 0 aromatic heterocycles. The fraction of sp³-hybridized carbons (Fsp3) is 0.233. The molecule has 0 aliphatic heterocycles. The maximum atomic E-state index is 12.1. The summed E-state index contributed by atoms with van der Waals surface area (Å²) in [6, 6.07) is 42.2. The van der Waals surface area contributed by atoms with Crippen LogP contribution in [0.5, 0.6) is 5.75 Å². The Balaban J connectivity index is 1.21. The Labute approximate surface area is 283 Å². The van der Waals surface area contributed by atoms with Crippen molar-refractivity contribution >= 4 is 18.1 Å². The van der Waals surface area contributed by atoms with E-state index in [1.807, 2.05) is 30.3 Å². The average molecular weight is 639 g/mol. The zero-order chi connectivity index (χ0) is 33.3. The lowest BCUT2D eigenvalue weighted by Gasteiger charge is -2.23. The van der Waals surface area contributed by atoms with E-state index in [1.54, 1.807) is 6.92 Å². The quantitative estimate of drug-likeness (QED) is 0.0951. The second-order valence-electron chi connectivity index (χ2n) is 12.0. The number of hydrogen-bond donors (Lipinski definition) is 0. The first-order chi connectivity index (χ1) is 23.5. The van der Waals surface area contributed by atoms with Crippen LogP contribution in [0.3, 0.4) is 0 Å². The van der Waals surface area contributed by atoms with Gasteiger partial charge in [-0.2, -0.15) is 0 Å². The van der Waals surface area contributed by atoms with Crippen molar-refractivity contribution in [1.82, 2.24) is 0 Å². The summed E-state index contributed by atoms with van der Waals surface area (Å²) < 4.78 is 23.3. The van der Waals surface area contributed by atoms with Gasteiger partial charge in [-0.15, -0.1) is 0 Å². The molecule has 0 heterocycles. The van der Waals surface area contributed by atoms with E-state index in [0.717, 1.165) is 33.6 Å². The molecule has 0 fully saturated rings. The van der Waals surface area contributed by atoms with Crippen molar-refractivity contribution < 1.29 is 23.7 Å². The highest BCUT2D eigenvalue weighted by molar-refractivity contribution is 5.79. The lowest BCUT2D eigenvalue weighted by Crippen LogP contribution is -2.27. The molecule has 6 rings (SSSR count). The minimum Gasteiger partial charge on any atom is -0.491 e. The first-order valence-electron chi connectivity index (χ1n) is 16.6. The number of carbonyl (C=O) groups is 1. The highest BCUT2D eigenvalue weighted by Crippen LogP contribution is 2.39. The van der Waals surface area contributed by atoms with Gasteiger partial charge in [0.1, 0.15) is 18.5 Å². The Hall–Kier alpha value is -4.97.